The molecule has 1 atom stereocenters. The standard InChI is InChI=1S/C16H30O7S.2K.2H/c1-2-3-4-5-6-7-8-9-10-11-12-23-16(19)14(13-15(17)18)24(20,21)22;;;;/h14H,2-13H2,1H3,(H,17,18)(H,20,21,22);;;;/q;2*+1;2*-1. The molecule has 1 unspecified atom stereocenters. The van der Waals surface area contributed by atoms with E-state index in [4.69, 9.17) is 14.4 Å². The zero-order valence-electron chi connectivity index (χ0n) is 18.4. The molecule has 7 nitrogen and oxygen atoms in total. The van der Waals surface area contributed by atoms with Gasteiger partial charge >= 0.3 is 115 Å². The van der Waals surface area contributed by atoms with Crippen LogP contribution in [0.2, 0.25) is 0 Å². The predicted molar refractivity (Wildman–Crippen MR) is 92.6 cm³/mol. The fourth-order valence-electron chi connectivity index (χ4n) is 2.32. The molecule has 0 aromatic heterocycles. The molecular formula is C16H32K2O7S. The summed E-state index contributed by atoms with van der Waals surface area (Å²) in [6.45, 7) is 2.22. The van der Waals surface area contributed by atoms with Gasteiger partial charge < -0.3 is 12.7 Å². The number of ether oxygens (including phenoxy) is 1. The van der Waals surface area contributed by atoms with Gasteiger partial charge in [0.2, 0.25) is 0 Å². The smallest absolute Gasteiger partial charge is 1.00 e. The summed E-state index contributed by atoms with van der Waals surface area (Å²) in [5.41, 5.74) is 0. The van der Waals surface area contributed by atoms with Gasteiger partial charge in [0.15, 0.2) is 5.25 Å². The van der Waals surface area contributed by atoms with Crippen LogP contribution in [0.1, 0.15) is 80.4 Å². The van der Waals surface area contributed by atoms with Gasteiger partial charge in [-0.15, -0.1) is 0 Å². The van der Waals surface area contributed by atoms with Gasteiger partial charge in [0.25, 0.3) is 10.1 Å². The molecular weight excluding hydrogens is 414 g/mol. The van der Waals surface area contributed by atoms with E-state index in [-0.39, 0.29) is 112 Å². The van der Waals surface area contributed by atoms with Crippen LogP contribution >= 0.6 is 0 Å². The molecule has 0 bridgehead atoms. The third-order valence-corrected chi connectivity index (χ3v) is 4.80. The molecule has 10 heteroatoms. The van der Waals surface area contributed by atoms with Crippen molar-refractivity contribution in [3.63, 3.8) is 0 Å². The van der Waals surface area contributed by atoms with Gasteiger partial charge in [-0.3, -0.25) is 14.1 Å². The van der Waals surface area contributed by atoms with Crippen LogP contribution in [0, 0.1) is 0 Å². The first-order valence-corrected chi connectivity index (χ1v) is 10.1. The molecule has 0 radical (unpaired) electrons. The number of carboxylic acids is 1. The molecule has 0 aromatic rings. The minimum atomic E-state index is -4.78. The van der Waals surface area contributed by atoms with Gasteiger partial charge in [-0.05, 0) is 6.42 Å². The van der Waals surface area contributed by atoms with Gasteiger partial charge in [-0.25, -0.2) is 0 Å². The summed E-state index contributed by atoms with van der Waals surface area (Å²) in [5.74, 6) is -2.70. The summed E-state index contributed by atoms with van der Waals surface area (Å²) < 4.78 is 35.6. The number of rotatable bonds is 15. The van der Waals surface area contributed by atoms with Gasteiger partial charge in [0, 0.05) is 0 Å². The molecule has 0 aliphatic rings. The molecule has 0 saturated heterocycles. The zero-order valence-corrected chi connectivity index (χ0v) is 23.5. The monoisotopic (exact) mass is 446 g/mol. The van der Waals surface area contributed by atoms with Crippen LogP contribution in [-0.4, -0.2) is 41.9 Å². The van der Waals surface area contributed by atoms with Crippen molar-refractivity contribution < 1.29 is 138 Å². The summed E-state index contributed by atoms with van der Waals surface area (Å²) in [7, 11) is -4.78. The molecule has 0 aliphatic carbocycles. The quantitative estimate of drug-likeness (QED) is 0.123. The fraction of sp³-hybridized carbons (Fsp3) is 0.875. The van der Waals surface area contributed by atoms with Crippen LogP contribution in [0.4, 0.5) is 0 Å². The van der Waals surface area contributed by atoms with Crippen molar-refractivity contribution >= 4 is 22.1 Å². The maximum absolute atomic E-state index is 11.6. The first-order valence-electron chi connectivity index (χ1n) is 8.63. The number of carboxylic acid groups (broad SMARTS) is 1. The van der Waals surface area contributed by atoms with E-state index in [1.165, 1.54) is 38.5 Å². The fourth-order valence-corrected chi connectivity index (χ4v) is 2.99. The van der Waals surface area contributed by atoms with Crippen molar-refractivity contribution in [2.75, 3.05) is 6.61 Å². The Labute approximate surface area is 245 Å². The number of carbonyl (C=O) groups excluding carboxylic acids is 1. The Morgan fingerprint density at radius 1 is 0.923 bits per heavy atom. The normalized spacial score (nSPS) is 11.8. The number of carbonyl (C=O) groups is 2. The van der Waals surface area contributed by atoms with Crippen molar-refractivity contribution in [2.45, 2.75) is 82.8 Å². The third kappa shape index (κ3) is 19.4. The van der Waals surface area contributed by atoms with Crippen LogP contribution in [0.3, 0.4) is 0 Å². The maximum atomic E-state index is 11.6. The number of hydrogen-bond acceptors (Lipinski definition) is 5. The Balaban J connectivity index is -0.000000441. The maximum Gasteiger partial charge on any atom is 1.00 e. The average molecular weight is 447 g/mol. The summed E-state index contributed by atoms with van der Waals surface area (Å²) in [6.07, 6.45) is 10.1. The van der Waals surface area contributed by atoms with Crippen molar-refractivity contribution in [3.8, 4) is 0 Å². The Morgan fingerprint density at radius 2 is 1.35 bits per heavy atom. The number of unbranched alkanes of at least 4 members (excludes halogenated alkanes) is 9. The molecule has 0 saturated carbocycles. The van der Waals surface area contributed by atoms with Crippen molar-refractivity contribution in [2.24, 2.45) is 0 Å². The summed E-state index contributed by atoms with van der Waals surface area (Å²) in [4.78, 5) is 22.1. The molecule has 0 fully saturated rings. The Kier molecular flexibility index (Phi) is 25.7. The largest absolute Gasteiger partial charge is 1.00 e. The SMILES string of the molecule is CCCCCCCCCCCCOC(=O)C(CC(=O)O)S(=O)(=O)O.[H-].[H-].[K+].[K+]. The van der Waals surface area contributed by atoms with Gasteiger partial charge in [-0.1, -0.05) is 64.7 Å². The molecule has 146 valence electrons. The number of aliphatic carboxylic acids is 1. The average Bonchev–Trinajstić information content (AvgIpc) is 2.48. The summed E-state index contributed by atoms with van der Waals surface area (Å²) >= 11 is 0. The second kappa shape index (κ2) is 20.4. The van der Waals surface area contributed by atoms with E-state index < -0.39 is 33.7 Å². The van der Waals surface area contributed by atoms with Crippen molar-refractivity contribution in [3.05, 3.63) is 0 Å². The van der Waals surface area contributed by atoms with E-state index >= 15 is 0 Å². The molecule has 2 N–H and O–H groups in total. The van der Waals surface area contributed by atoms with E-state index in [1.807, 2.05) is 0 Å². The zero-order chi connectivity index (χ0) is 18.4. The second-order valence-electron chi connectivity index (χ2n) is 5.95. The van der Waals surface area contributed by atoms with Crippen molar-refractivity contribution in [1.82, 2.24) is 0 Å². The molecule has 0 heterocycles. The Bertz CT molecular complexity index is 480. The Morgan fingerprint density at radius 3 is 1.73 bits per heavy atom. The van der Waals surface area contributed by atoms with Crippen LogP contribution in [0.5, 0.6) is 0 Å². The number of hydrogen-bond donors (Lipinski definition) is 2. The van der Waals surface area contributed by atoms with Crippen molar-refractivity contribution in [1.29, 1.82) is 0 Å². The van der Waals surface area contributed by atoms with Gasteiger partial charge in [0.1, 0.15) is 0 Å². The minimum absolute atomic E-state index is 0. The predicted octanol–water partition coefficient (Wildman–Crippen LogP) is -2.59. The van der Waals surface area contributed by atoms with Crippen LogP contribution in [-0.2, 0) is 24.4 Å². The summed E-state index contributed by atoms with van der Waals surface area (Å²) in [6, 6.07) is 0. The number of esters is 1. The topological polar surface area (TPSA) is 118 Å². The first kappa shape index (κ1) is 32.8. The van der Waals surface area contributed by atoms with Crippen LogP contribution < -0.4 is 103 Å². The van der Waals surface area contributed by atoms with E-state index in [2.05, 4.69) is 6.92 Å². The molecule has 0 rings (SSSR count). The van der Waals surface area contributed by atoms with Gasteiger partial charge in [-0.2, -0.15) is 8.42 Å². The first-order chi connectivity index (χ1) is 11.3. The van der Waals surface area contributed by atoms with Crippen LogP contribution in [0.15, 0.2) is 0 Å². The third-order valence-electron chi connectivity index (χ3n) is 3.72. The summed E-state index contributed by atoms with van der Waals surface area (Å²) in [5, 5.41) is 6.52. The van der Waals surface area contributed by atoms with Crippen LogP contribution in [0.25, 0.3) is 0 Å². The second-order valence-corrected chi connectivity index (χ2v) is 7.55. The molecule has 0 aliphatic heterocycles. The van der Waals surface area contributed by atoms with E-state index in [0.29, 0.717) is 6.42 Å². The van der Waals surface area contributed by atoms with E-state index in [1.54, 1.807) is 0 Å². The molecule has 26 heavy (non-hydrogen) atoms. The Hall–Kier alpha value is 2.12. The minimum Gasteiger partial charge on any atom is -1.00 e. The molecule has 0 aromatic carbocycles. The molecule has 0 spiro atoms. The van der Waals surface area contributed by atoms with E-state index in [0.717, 1.165) is 19.3 Å². The molecule has 0 amide bonds. The van der Waals surface area contributed by atoms with Gasteiger partial charge in [0.05, 0.1) is 13.0 Å². The van der Waals surface area contributed by atoms with E-state index in [9.17, 15) is 18.0 Å².